The first-order chi connectivity index (χ1) is 14.3. The third-order valence-corrected chi connectivity index (χ3v) is 5.42. The molecule has 1 N–H and O–H groups in total. The summed E-state index contributed by atoms with van der Waals surface area (Å²) in [6, 6.07) is 5.19. The Morgan fingerprint density at radius 1 is 0.933 bits per heavy atom. The van der Waals surface area contributed by atoms with Gasteiger partial charge in [0.25, 0.3) is 0 Å². The van der Waals surface area contributed by atoms with Crippen molar-refractivity contribution in [2.24, 2.45) is 0 Å². The van der Waals surface area contributed by atoms with Gasteiger partial charge in [0.1, 0.15) is 11.5 Å². The molecule has 0 heterocycles. The Bertz CT molecular complexity index is 604. The number of hydrogen-bond acceptors (Lipinski definition) is 4. The maximum atomic E-state index is 12.4. The quantitative estimate of drug-likeness (QED) is 0.239. The highest BCUT2D eigenvalue weighted by Gasteiger charge is 2.24. The third-order valence-electron chi connectivity index (χ3n) is 5.42. The third kappa shape index (κ3) is 10.4. The summed E-state index contributed by atoms with van der Waals surface area (Å²) in [6.45, 7) is 10.5. The smallest absolute Gasteiger partial charge is 0.347 e. The molecule has 0 fully saturated rings. The second-order valence-corrected chi connectivity index (χ2v) is 9.26. The molecule has 1 aromatic rings. The van der Waals surface area contributed by atoms with Crippen molar-refractivity contribution < 1.29 is 19.4 Å². The van der Waals surface area contributed by atoms with Gasteiger partial charge in [0.15, 0.2) is 6.10 Å². The first-order valence-corrected chi connectivity index (χ1v) is 12.0. The fourth-order valence-electron chi connectivity index (χ4n) is 3.63. The lowest BCUT2D eigenvalue weighted by molar-refractivity contribution is -0.151. The minimum absolute atomic E-state index is 0.209. The number of phenols is 1. The molecular weight excluding hydrogens is 376 g/mol. The molecule has 0 amide bonds. The van der Waals surface area contributed by atoms with Gasteiger partial charge in [0, 0.05) is 5.56 Å². The van der Waals surface area contributed by atoms with Crippen LogP contribution in [0.5, 0.6) is 11.5 Å². The molecule has 4 nitrogen and oxygen atoms in total. The summed E-state index contributed by atoms with van der Waals surface area (Å²) in [5.74, 6) is 0.541. The number of ether oxygens (including phenoxy) is 2. The van der Waals surface area contributed by atoms with Crippen molar-refractivity contribution in [1.82, 2.24) is 0 Å². The van der Waals surface area contributed by atoms with Crippen LogP contribution in [0, 0.1) is 0 Å². The first kappa shape index (κ1) is 26.3. The predicted molar refractivity (Wildman–Crippen MR) is 124 cm³/mol. The van der Waals surface area contributed by atoms with Crippen LogP contribution < -0.4 is 4.74 Å². The van der Waals surface area contributed by atoms with Crippen molar-refractivity contribution in [2.45, 2.75) is 117 Å². The van der Waals surface area contributed by atoms with Crippen LogP contribution in [0.1, 0.15) is 111 Å². The molecule has 0 aliphatic heterocycles. The highest BCUT2D eigenvalue weighted by molar-refractivity contribution is 5.75. The molecule has 172 valence electrons. The summed E-state index contributed by atoms with van der Waals surface area (Å²) in [5, 5.41) is 10.2. The fourth-order valence-corrected chi connectivity index (χ4v) is 3.63. The molecule has 1 aromatic carbocycles. The highest BCUT2D eigenvalue weighted by Crippen LogP contribution is 2.34. The van der Waals surface area contributed by atoms with Crippen LogP contribution in [-0.4, -0.2) is 23.8 Å². The second kappa shape index (κ2) is 14.3. The molecule has 0 aliphatic rings. The highest BCUT2D eigenvalue weighted by atomic mass is 16.6. The van der Waals surface area contributed by atoms with E-state index in [-0.39, 0.29) is 17.1 Å². The maximum absolute atomic E-state index is 12.4. The number of hydrogen-bond donors (Lipinski definition) is 1. The lowest BCUT2D eigenvalue weighted by atomic mass is 9.86. The van der Waals surface area contributed by atoms with Gasteiger partial charge >= 0.3 is 5.97 Å². The summed E-state index contributed by atoms with van der Waals surface area (Å²) in [4.78, 5) is 12.4. The zero-order valence-electron chi connectivity index (χ0n) is 20.0. The molecule has 30 heavy (non-hydrogen) atoms. The largest absolute Gasteiger partial charge is 0.508 e. The van der Waals surface area contributed by atoms with Crippen molar-refractivity contribution in [3.8, 4) is 11.5 Å². The van der Waals surface area contributed by atoms with E-state index in [9.17, 15) is 9.90 Å². The number of carbonyl (C=O) groups is 1. The van der Waals surface area contributed by atoms with Gasteiger partial charge in [-0.2, -0.15) is 0 Å². The summed E-state index contributed by atoms with van der Waals surface area (Å²) in [7, 11) is 0. The lowest BCUT2D eigenvalue weighted by Crippen LogP contribution is -2.29. The molecule has 0 aromatic heterocycles. The van der Waals surface area contributed by atoms with Crippen molar-refractivity contribution in [3.63, 3.8) is 0 Å². The van der Waals surface area contributed by atoms with E-state index in [1.807, 2.05) is 33.8 Å². The van der Waals surface area contributed by atoms with Gasteiger partial charge in [0.05, 0.1) is 6.61 Å². The standard InChI is InChI=1S/C26H44O4/c1-6-8-9-10-11-12-13-14-15-16-17-24(25(28)29-7-2)30-21-18-19-23(27)22(20-21)26(3,4)5/h18-20,24,27H,6-17H2,1-5H3/t24-/m0/s1. The minimum Gasteiger partial charge on any atom is -0.508 e. The van der Waals surface area contributed by atoms with E-state index in [1.165, 1.54) is 51.4 Å². The zero-order valence-corrected chi connectivity index (χ0v) is 20.0. The van der Waals surface area contributed by atoms with Crippen molar-refractivity contribution in [3.05, 3.63) is 23.8 Å². The van der Waals surface area contributed by atoms with Crippen LogP contribution in [0.3, 0.4) is 0 Å². The first-order valence-electron chi connectivity index (χ1n) is 12.0. The molecular formula is C26H44O4. The van der Waals surface area contributed by atoms with Gasteiger partial charge in [-0.15, -0.1) is 0 Å². The molecule has 1 rings (SSSR count). The summed E-state index contributed by atoms with van der Waals surface area (Å²) < 4.78 is 11.2. The predicted octanol–water partition coefficient (Wildman–Crippen LogP) is 7.31. The van der Waals surface area contributed by atoms with Crippen LogP contribution >= 0.6 is 0 Å². The number of carbonyl (C=O) groups excluding carboxylic acids is 1. The summed E-state index contributed by atoms with van der Waals surface area (Å²) >= 11 is 0. The van der Waals surface area contributed by atoms with E-state index in [0.717, 1.165) is 18.4 Å². The number of unbranched alkanes of at least 4 members (excludes halogenated alkanes) is 9. The number of rotatable bonds is 15. The van der Waals surface area contributed by atoms with Gasteiger partial charge < -0.3 is 14.6 Å². The SMILES string of the molecule is CCCCCCCCCCCC[C@H](Oc1ccc(O)c(C(C)(C)C)c1)C(=O)OCC. The van der Waals surface area contributed by atoms with Gasteiger partial charge in [0.2, 0.25) is 0 Å². The van der Waals surface area contributed by atoms with Crippen LogP contribution in [0.25, 0.3) is 0 Å². The molecule has 4 heteroatoms. The number of esters is 1. The average Bonchev–Trinajstić information content (AvgIpc) is 2.69. The lowest BCUT2D eigenvalue weighted by Gasteiger charge is -2.23. The molecule has 0 saturated carbocycles. The van der Waals surface area contributed by atoms with Crippen LogP contribution in [0.15, 0.2) is 18.2 Å². The van der Waals surface area contributed by atoms with Crippen molar-refractivity contribution in [1.29, 1.82) is 0 Å². The summed E-state index contributed by atoms with van der Waals surface area (Å²) in [5.41, 5.74) is 0.598. The van der Waals surface area contributed by atoms with Crippen LogP contribution in [0.2, 0.25) is 0 Å². The number of aromatic hydroxyl groups is 1. The molecule has 0 spiro atoms. The Morgan fingerprint density at radius 3 is 2.03 bits per heavy atom. The maximum Gasteiger partial charge on any atom is 0.347 e. The Balaban J connectivity index is 2.50. The minimum atomic E-state index is -0.601. The van der Waals surface area contributed by atoms with E-state index in [4.69, 9.17) is 9.47 Å². The molecule has 0 unspecified atom stereocenters. The van der Waals surface area contributed by atoms with Gasteiger partial charge in [-0.1, -0.05) is 85.5 Å². The Labute approximate surface area is 184 Å². The molecule has 1 atom stereocenters. The molecule has 0 saturated heterocycles. The van der Waals surface area contributed by atoms with E-state index in [2.05, 4.69) is 6.92 Å². The second-order valence-electron chi connectivity index (χ2n) is 9.26. The molecule has 0 radical (unpaired) electrons. The topological polar surface area (TPSA) is 55.8 Å². The van der Waals surface area contributed by atoms with Gasteiger partial charge in [-0.25, -0.2) is 4.79 Å². The van der Waals surface area contributed by atoms with Crippen molar-refractivity contribution in [2.75, 3.05) is 6.61 Å². The van der Waals surface area contributed by atoms with Crippen molar-refractivity contribution >= 4 is 5.97 Å². The normalized spacial score (nSPS) is 12.6. The Morgan fingerprint density at radius 2 is 1.50 bits per heavy atom. The zero-order chi connectivity index (χ0) is 22.4. The van der Waals surface area contributed by atoms with Gasteiger partial charge in [-0.3, -0.25) is 0 Å². The van der Waals surface area contributed by atoms with E-state index in [1.54, 1.807) is 12.1 Å². The monoisotopic (exact) mass is 420 g/mol. The molecule has 0 aliphatic carbocycles. The van der Waals surface area contributed by atoms with E-state index in [0.29, 0.717) is 18.8 Å². The Kier molecular flexibility index (Phi) is 12.6. The fraction of sp³-hybridized carbons (Fsp3) is 0.731. The number of benzene rings is 1. The molecule has 0 bridgehead atoms. The summed E-state index contributed by atoms with van der Waals surface area (Å²) in [6.07, 6.45) is 12.6. The van der Waals surface area contributed by atoms with E-state index < -0.39 is 6.10 Å². The van der Waals surface area contributed by atoms with E-state index >= 15 is 0 Å². The van der Waals surface area contributed by atoms with Crippen LogP contribution in [-0.2, 0) is 14.9 Å². The average molecular weight is 421 g/mol. The van der Waals surface area contributed by atoms with Crippen LogP contribution in [0.4, 0.5) is 0 Å². The Hall–Kier alpha value is -1.71. The van der Waals surface area contributed by atoms with Gasteiger partial charge in [-0.05, 0) is 43.4 Å². The number of phenolic OH excluding ortho intramolecular Hbond substituents is 1.